The Morgan fingerprint density at radius 2 is 2.17 bits per heavy atom. The predicted octanol–water partition coefficient (Wildman–Crippen LogP) is 2.09. The van der Waals surface area contributed by atoms with Crippen LogP contribution < -0.4 is 5.73 Å². The average molecular weight is 302 g/mol. The van der Waals surface area contributed by atoms with E-state index in [1.165, 1.54) is 15.6 Å². The van der Waals surface area contributed by atoms with Crippen LogP contribution in [0.25, 0.3) is 0 Å². The molecule has 2 aromatic rings. The van der Waals surface area contributed by atoms with E-state index in [2.05, 4.69) is 0 Å². The molecule has 2 rings (SSSR count). The van der Waals surface area contributed by atoms with Crippen LogP contribution in [0.5, 0.6) is 0 Å². The summed E-state index contributed by atoms with van der Waals surface area (Å²) in [6, 6.07) is 3.57. The second kappa shape index (κ2) is 5.50. The minimum Gasteiger partial charge on any atom is -0.326 e. The van der Waals surface area contributed by atoms with Crippen molar-refractivity contribution in [2.75, 3.05) is 7.05 Å². The summed E-state index contributed by atoms with van der Waals surface area (Å²) in [5.74, 6) is 0. The molecule has 0 atom stereocenters. The van der Waals surface area contributed by atoms with Gasteiger partial charge in [-0.3, -0.25) is 0 Å². The summed E-state index contributed by atoms with van der Waals surface area (Å²) in [6.45, 7) is 0.758. The number of hydrogen-bond donors (Lipinski definition) is 1. The molecule has 0 radical (unpaired) electrons. The number of nitrogens with two attached hydrogens (primary N) is 1. The fraction of sp³-hybridized carbons (Fsp3) is 0.273. The SMILES string of the molecule is CN(Cc1ccsc1)S(=O)(=O)c1csc(CN)c1. The highest BCUT2D eigenvalue weighted by molar-refractivity contribution is 7.89. The van der Waals surface area contributed by atoms with Crippen LogP contribution in [0.3, 0.4) is 0 Å². The van der Waals surface area contributed by atoms with E-state index in [9.17, 15) is 8.42 Å². The third-order valence-corrected chi connectivity index (χ3v) is 6.15. The maximum atomic E-state index is 12.3. The number of thiophene rings is 2. The summed E-state index contributed by atoms with van der Waals surface area (Å²) in [7, 11) is -1.82. The molecule has 0 saturated carbocycles. The maximum Gasteiger partial charge on any atom is 0.243 e. The fourth-order valence-corrected chi connectivity index (χ4v) is 4.47. The Labute approximate surface area is 115 Å². The third-order valence-electron chi connectivity index (χ3n) is 2.52. The first-order valence-electron chi connectivity index (χ1n) is 5.29. The molecule has 4 nitrogen and oxygen atoms in total. The Morgan fingerprint density at radius 1 is 1.39 bits per heavy atom. The predicted molar refractivity (Wildman–Crippen MR) is 75.2 cm³/mol. The second-order valence-corrected chi connectivity index (χ2v) is 7.67. The van der Waals surface area contributed by atoms with Gasteiger partial charge < -0.3 is 5.73 Å². The lowest BCUT2D eigenvalue weighted by atomic mass is 10.3. The van der Waals surface area contributed by atoms with Crippen molar-refractivity contribution in [2.24, 2.45) is 5.73 Å². The van der Waals surface area contributed by atoms with Gasteiger partial charge in [-0.2, -0.15) is 15.6 Å². The van der Waals surface area contributed by atoms with E-state index in [4.69, 9.17) is 5.73 Å². The van der Waals surface area contributed by atoms with Gasteiger partial charge in [0.2, 0.25) is 10.0 Å². The van der Waals surface area contributed by atoms with Crippen molar-refractivity contribution < 1.29 is 8.42 Å². The summed E-state index contributed by atoms with van der Waals surface area (Å²) in [5, 5.41) is 5.53. The quantitative estimate of drug-likeness (QED) is 0.920. The zero-order valence-corrected chi connectivity index (χ0v) is 12.3. The molecule has 0 saturated heterocycles. The van der Waals surface area contributed by atoms with Crippen molar-refractivity contribution in [3.63, 3.8) is 0 Å². The number of rotatable bonds is 5. The van der Waals surface area contributed by atoms with Crippen LogP contribution in [0, 0.1) is 0 Å². The first kappa shape index (κ1) is 13.7. The van der Waals surface area contributed by atoms with Crippen LogP contribution in [0.2, 0.25) is 0 Å². The van der Waals surface area contributed by atoms with Crippen LogP contribution in [0.15, 0.2) is 33.2 Å². The lowest BCUT2D eigenvalue weighted by Gasteiger charge is -2.15. The highest BCUT2D eigenvalue weighted by Gasteiger charge is 2.22. The van der Waals surface area contributed by atoms with Crippen molar-refractivity contribution in [2.45, 2.75) is 18.0 Å². The molecule has 0 spiro atoms. The van der Waals surface area contributed by atoms with Gasteiger partial charge in [0, 0.05) is 30.4 Å². The number of sulfonamides is 1. The van der Waals surface area contributed by atoms with E-state index in [0.29, 0.717) is 18.0 Å². The third kappa shape index (κ3) is 2.81. The highest BCUT2D eigenvalue weighted by atomic mass is 32.2. The minimum atomic E-state index is -3.41. The normalized spacial score (nSPS) is 12.2. The van der Waals surface area contributed by atoms with Crippen molar-refractivity contribution in [3.05, 3.63) is 38.7 Å². The molecule has 0 fully saturated rings. The van der Waals surface area contributed by atoms with Crippen molar-refractivity contribution in [3.8, 4) is 0 Å². The standard InChI is InChI=1S/C11H14N2O2S3/c1-13(6-9-2-3-16-7-9)18(14,15)11-4-10(5-12)17-8-11/h2-4,7-8H,5-6,12H2,1H3. The molecule has 2 heterocycles. The van der Waals surface area contributed by atoms with Gasteiger partial charge in [0.15, 0.2) is 0 Å². The molecule has 0 bridgehead atoms. The van der Waals surface area contributed by atoms with Gasteiger partial charge in [-0.1, -0.05) is 0 Å². The van der Waals surface area contributed by atoms with Crippen molar-refractivity contribution in [1.82, 2.24) is 4.31 Å². The first-order chi connectivity index (χ1) is 8.54. The molecule has 98 valence electrons. The molecule has 0 unspecified atom stereocenters. The van der Waals surface area contributed by atoms with Crippen LogP contribution in [0.4, 0.5) is 0 Å². The Kier molecular flexibility index (Phi) is 4.18. The monoisotopic (exact) mass is 302 g/mol. The van der Waals surface area contributed by atoms with Gasteiger partial charge in [0.05, 0.1) is 4.90 Å². The van der Waals surface area contributed by atoms with Gasteiger partial charge in [0.25, 0.3) is 0 Å². The fourth-order valence-electron chi connectivity index (χ4n) is 1.51. The van der Waals surface area contributed by atoms with E-state index in [1.54, 1.807) is 29.8 Å². The second-order valence-electron chi connectivity index (χ2n) is 3.85. The van der Waals surface area contributed by atoms with Crippen molar-refractivity contribution in [1.29, 1.82) is 0 Å². The molecular weight excluding hydrogens is 288 g/mol. The molecule has 2 N–H and O–H groups in total. The van der Waals surface area contributed by atoms with Gasteiger partial charge in [-0.25, -0.2) is 8.42 Å². The molecule has 0 aliphatic heterocycles. The Bertz CT molecular complexity index is 602. The van der Waals surface area contributed by atoms with Crippen LogP contribution >= 0.6 is 22.7 Å². The summed E-state index contributed by atoms with van der Waals surface area (Å²) < 4.78 is 25.9. The minimum absolute atomic E-state index is 0.325. The van der Waals surface area contributed by atoms with Crippen molar-refractivity contribution >= 4 is 32.7 Å². The summed E-state index contributed by atoms with van der Waals surface area (Å²) in [4.78, 5) is 1.20. The molecule has 18 heavy (non-hydrogen) atoms. The number of nitrogens with zero attached hydrogens (tertiary/aromatic N) is 1. The molecule has 0 aromatic carbocycles. The average Bonchev–Trinajstić information content (AvgIpc) is 2.99. The summed E-state index contributed by atoms with van der Waals surface area (Å²) in [5.41, 5.74) is 6.50. The maximum absolute atomic E-state index is 12.3. The first-order valence-corrected chi connectivity index (χ1v) is 8.55. The highest BCUT2D eigenvalue weighted by Crippen LogP contribution is 2.23. The van der Waals surface area contributed by atoms with Gasteiger partial charge >= 0.3 is 0 Å². The molecule has 0 aliphatic carbocycles. The van der Waals surface area contributed by atoms with Gasteiger partial charge in [-0.05, 0) is 28.5 Å². The van der Waals surface area contributed by atoms with Gasteiger partial charge in [-0.15, -0.1) is 11.3 Å². The van der Waals surface area contributed by atoms with E-state index in [0.717, 1.165) is 10.4 Å². The van der Waals surface area contributed by atoms with E-state index in [-0.39, 0.29) is 0 Å². The van der Waals surface area contributed by atoms with E-state index < -0.39 is 10.0 Å². The zero-order chi connectivity index (χ0) is 13.2. The van der Waals surface area contributed by atoms with Crippen LogP contribution in [-0.2, 0) is 23.1 Å². The molecule has 0 amide bonds. The topological polar surface area (TPSA) is 63.4 Å². The Hall–Kier alpha value is -0.730. The molecule has 0 aliphatic rings. The van der Waals surface area contributed by atoms with Crippen LogP contribution in [0.1, 0.15) is 10.4 Å². The lowest BCUT2D eigenvalue weighted by molar-refractivity contribution is 0.467. The van der Waals surface area contributed by atoms with E-state index in [1.807, 2.05) is 16.8 Å². The largest absolute Gasteiger partial charge is 0.326 e. The van der Waals surface area contributed by atoms with E-state index >= 15 is 0 Å². The Morgan fingerprint density at radius 3 is 2.72 bits per heavy atom. The summed E-state index contributed by atoms with van der Waals surface area (Å²) in [6.07, 6.45) is 0. The molecule has 7 heteroatoms. The molecule has 2 aromatic heterocycles. The smallest absolute Gasteiger partial charge is 0.243 e. The zero-order valence-electron chi connectivity index (χ0n) is 9.87. The summed E-state index contributed by atoms with van der Waals surface area (Å²) >= 11 is 2.93. The Balaban J connectivity index is 2.19. The molecular formula is C11H14N2O2S3. The van der Waals surface area contributed by atoms with Crippen LogP contribution in [-0.4, -0.2) is 19.8 Å². The van der Waals surface area contributed by atoms with Gasteiger partial charge in [0.1, 0.15) is 0 Å². The lowest BCUT2D eigenvalue weighted by Crippen LogP contribution is -2.25. The number of hydrogen-bond acceptors (Lipinski definition) is 5.